The van der Waals surface area contributed by atoms with Crippen molar-refractivity contribution in [3.8, 4) is 5.75 Å². The predicted molar refractivity (Wildman–Crippen MR) is 84.3 cm³/mol. The maximum atomic E-state index is 12.9. The number of aromatic hydroxyl groups is 1. The first-order valence-electron chi connectivity index (χ1n) is 7.55. The molecule has 5 nitrogen and oxygen atoms in total. The molecule has 1 N–H and O–H groups in total. The minimum Gasteiger partial charge on any atom is -0.508 e. The summed E-state index contributed by atoms with van der Waals surface area (Å²) in [5.74, 6) is 0.296. The standard InChI is InChI=1S/C16H17F3N4O/c1-11-9-14(16(17,18)19)21-15(20-11)23-7-5-22(6-8-23)12-3-2-4-13(24)10-12/h2-4,9-10,24H,5-8H2,1H3. The zero-order valence-electron chi connectivity index (χ0n) is 13.1. The van der Waals surface area contributed by atoms with Crippen LogP contribution in [-0.2, 0) is 6.18 Å². The third kappa shape index (κ3) is 3.52. The predicted octanol–water partition coefficient (Wildman–Crippen LogP) is 2.84. The van der Waals surface area contributed by atoms with E-state index < -0.39 is 11.9 Å². The summed E-state index contributed by atoms with van der Waals surface area (Å²) in [5.41, 5.74) is 0.263. The van der Waals surface area contributed by atoms with Gasteiger partial charge in [-0.15, -0.1) is 0 Å². The topological polar surface area (TPSA) is 52.5 Å². The molecule has 0 spiro atoms. The maximum absolute atomic E-state index is 12.9. The zero-order valence-corrected chi connectivity index (χ0v) is 13.1. The molecule has 1 aliphatic heterocycles. The minimum absolute atomic E-state index is 0.109. The molecule has 0 unspecified atom stereocenters. The van der Waals surface area contributed by atoms with Gasteiger partial charge in [-0.3, -0.25) is 0 Å². The summed E-state index contributed by atoms with van der Waals surface area (Å²) in [6.07, 6.45) is -4.48. The van der Waals surface area contributed by atoms with E-state index in [2.05, 4.69) is 14.9 Å². The van der Waals surface area contributed by atoms with Crippen LogP contribution in [0.3, 0.4) is 0 Å². The molecule has 1 saturated heterocycles. The number of alkyl halides is 3. The van der Waals surface area contributed by atoms with E-state index >= 15 is 0 Å². The van der Waals surface area contributed by atoms with Crippen molar-refractivity contribution < 1.29 is 18.3 Å². The van der Waals surface area contributed by atoms with Crippen molar-refractivity contribution in [2.24, 2.45) is 0 Å². The Kier molecular flexibility index (Phi) is 4.21. The zero-order chi connectivity index (χ0) is 17.3. The van der Waals surface area contributed by atoms with Crippen molar-refractivity contribution in [2.45, 2.75) is 13.1 Å². The van der Waals surface area contributed by atoms with Gasteiger partial charge in [-0.2, -0.15) is 13.2 Å². The highest BCUT2D eigenvalue weighted by Gasteiger charge is 2.34. The molecule has 3 rings (SSSR count). The molecule has 1 fully saturated rings. The second-order valence-corrected chi connectivity index (χ2v) is 5.69. The number of phenols is 1. The molecule has 0 bridgehead atoms. The molecule has 1 aliphatic rings. The van der Waals surface area contributed by atoms with Crippen molar-refractivity contribution in [1.29, 1.82) is 0 Å². The molecule has 0 atom stereocenters. The fourth-order valence-corrected chi connectivity index (χ4v) is 2.69. The third-order valence-electron chi connectivity index (χ3n) is 3.89. The molecule has 128 valence electrons. The first kappa shape index (κ1) is 16.4. The monoisotopic (exact) mass is 338 g/mol. The number of nitrogens with zero attached hydrogens (tertiary/aromatic N) is 4. The van der Waals surface area contributed by atoms with Gasteiger partial charge >= 0.3 is 6.18 Å². The van der Waals surface area contributed by atoms with Gasteiger partial charge in [0.15, 0.2) is 0 Å². The Balaban J connectivity index is 1.74. The molecule has 24 heavy (non-hydrogen) atoms. The summed E-state index contributed by atoms with van der Waals surface area (Å²) in [6.45, 7) is 3.78. The molecule has 2 aromatic rings. The van der Waals surface area contributed by atoms with Gasteiger partial charge in [0, 0.05) is 43.6 Å². The van der Waals surface area contributed by atoms with Crippen LogP contribution in [0.2, 0.25) is 0 Å². The number of halogens is 3. The summed E-state index contributed by atoms with van der Waals surface area (Å²) in [5, 5.41) is 9.55. The average molecular weight is 338 g/mol. The van der Waals surface area contributed by atoms with Crippen LogP contribution in [0.4, 0.5) is 24.8 Å². The van der Waals surface area contributed by atoms with Crippen LogP contribution in [0.1, 0.15) is 11.4 Å². The number of rotatable bonds is 2. The number of hydrogen-bond donors (Lipinski definition) is 1. The van der Waals surface area contributed by atoms with Crippen LogP contribution >= 0.6 is 0 Å². The second kappa shape index (κ2) is 6.18. The van der Waals surface area contributed by atoms with Crippen molar-refractivity contribution in [3.63, 3.8) is 0 Å². The molecule has 1 aromatic heterocycles. The van der Waals surface area contributed by atoms with E-state index in [0.29, 0.717) is 31.9 Å². The molecule has 0 aliphatic carbocycles. The van der Waals surface area contributed by atoms with Crippen LogP contribution in [-0.4, -0.2) is 41.3 Å². The number of anilines is 2. The first-order chi connectivity index (χ1) is 11.3. The fourth-order valence-electron chi connectivity index (χ4n) is 2.69. The van der Waals surface area contributed by atoms with Crippen molar-refractivity contribution in [3.05, 3.63) is 41.7 Å². The molecule has 2 heterocycles. The lowest BCUT2D eigenvalue weighted by Gasteiger charge is -2.36. The lowest BCUT2D eigenvalue weighted by Crippen LogP contribution is -2.47. The van der Waals surface area contributed by atoms with Crippen LogP contribution in [0, 0.1) is 6.92 Å². The molecule has 0 saturated carbocycles. The summed E-state index contributed by atoms with van der Waals surface area (Å²) in [7, 11) is 0. The molecule has 0 radical (unpaired) electrons. The first-order valence-corrected chi connectivity index (χ1v) is 7.55. The van der Waals surface area contributed by atoms with Gasteiger partial charge in [-0.25, -0.2) is 9.97 Å². The van der Waals surface area contributed by atoms with Crippen LogP contribution in [0.5, 0.6) is 5.75 Å². The Labute approximate surface area is 137 Å². The van der Waals surface area contributed by atoms with Crippen molar-refractivity contribution in [2.75, 3.05) is 36.0 Å². The summed E-state index contributed by atoms with van der Waals surface area (Å²) in [6, 6.07) is 7.86. The number of hydrogen-bond acceptors (Lipinski definition) is 5. The highest BCUT2D eigenvalue weighted by atomic mass is 19.4. The molecule has 8 heteroatoms. The van der Waals surface area contributed by atoms with Gasteiger partial charge in [0.2, 0.25) is 5.95 Å². The van der Waals surface area contributed by atoms with E-state index in [0.717, 1.165) is 11.8 Å². The second-order valence-electron chi connectivity index (χ2n) is 5.69. The summed E-state index contributed by atoms with van der Waals surface area (Å²) in [4.78, 5) is 11.6. The Bertz CT molecular complexity index is 728. The largest absolute Gasteiger partial charge is 0.508 e. The quantitative estimate of drug-likeness (QED) is 0.913. The maximum Gasteiger partial charge on any atom is 0.433 e. The number of piperazine rings is 1. The van der Waals surface area contributed by atoms with Crippen molar-refractivity contribution in [1.82, 2.24) is 9.97 Å². The highest BCUT2D eigenvalue weighted by molar-refractivity contribution is 5.52. The third-order valence-corrected chi connectivity index (χ3v) is 3.89. The van der Waals surface area contributed by atoms with E-state index in [-0.39, 0.29) is 11.7 Å². The Hall–Kier alpha value is -2.51. The van der Waals surface area contributed by atoms with E-state index in [9.17, 15) is 18.3 Å². The van der Waals surface area contributed by atoms with Gasteiger partial charge in [0.25, 0.3) is 0 Å². The molecule has 1 aromatic carbocycles. The minimum atomic E-state index is -4.48. The Morgan fingerprint density at radius 2 is 1.67 bits per heavy atom. The average Bonchev–Trinajstić information content (AvgIpc) is 2.54. The smallest absolute Gasteiger partial charge is 0.433 e. The van der Waals surface area contributed by atoms with Gasteiger partial charge < -0.3 is 14.9 Å². The molecular formula is C16H17F3N4O. The SMILES string of the molecule is Cc1cc(C(F)(F)F)nc(N2CCN(c3cccc(O)c3)CC2)n1. The van der Waals surface area contributed by atoms with Gasteiger partial charge in [-0.1, -0.05) is 6.07 Å². The molecular weight excluding hydrogens is 321 g/mol. The fraction of sp³-hybridized carbons (Fsp3) is 0.375. The lowest BCUT2D eigenvalue weighted by atomic mass is 10.2. The van der Waals surface area contributed by atoms with Crippen molar-refractivity contribution >= 4 is 11.6 Å². The normalized spacial score (nSPS) is 15.7. The van der Waals surface area contributed by atoms with Crippen LogP contribution in [0.25, 0.3) is 0 Å². The Morgan fingerprint density at radius 1 is 1.00 bits per heavy atom. The number of phenolic OH excluding ortho intramolecular Hbond substituents is 1. The Morgan fingerprint density at radius 3 is 2.29 bits per heavy atom. The lowest BCUT2D eigenvalue weighted by molar-refractivity contribution is -0.141. The van der Waals surface area contributed by atoms with Gasteiger partial charge in [-0.05, 0) is 25.1 Å². The van der Waals surface area contributed by atoms with E-state index in [4.69, 9.17) is 0 Å². The number of benzene rings is 1. The van der Waals surface area contributed by atoms with E-state index in [1.54, 1.807) is 23.1 Å². The van der Waals surface area contributed by atoms with Gasteiger partial charge in [0.05, 0.1) is 0 Å². The van der Waals surface area contributed by atoms with E-state index in [1.807, 2.05) is 6.07 Å². The highest BCUT2D eigenvalue weighted by Crippen LogP contribution is 2.29. The summed E-state index contributed by atoms with van der Waals surface area (Å²) < 4.78 is 38.7. The molecule has 0 amide bonds. The number of aryl methyl sites for hydroxylation is 1. The van der Waals surface area contributed by atoms with E-state index in [1.165, 1.54) is 6.92 Å². The van der Waals surface area contributed by atoms with Crippen LogP contribution in [0.15, 0.2) is 30.3 Å². The summed E-state index contributed by atoms with van der Waals surface area (Å²) >= 11 is 0. The number of aromatic nitrogens is 2. The van der Waals surface area contributed by atoms with Crippen LogP contribution < -0.4 is 9.80 Å². The van der Waals surface area contributed by atoms with Gasteiger partial charge in [0.1, 0.15) is 11.4 Å².